The molecule has 0 fully saturated rings. The van der Waals surface area contributed by atoms with Crippen molar-refractivity contribution < 1.29 is 9.53 Å². The molecule has 0 aliphatic carbocycles. The Bertz CT molecular complexity index is 414. The minimum atomic E-state index is -0.152. The van der Waals surface area contributed by atoms with Gasteiger partial charge in [-0.3, -0.25) is 4.79 Å². The van der Waals surface area contributed by atoms with E-state index in [2.05, 4.69) is 55.5 Å². The minimum absolute atomic E-state index is 0. The van der Waals surface area contributed by atoms with E-state index in [4.69, 9.17) is 10.5 Å². The van der Waals surface area contributed by atoms with Crippen LogP contribution in [0.15, 0.2) is 48.6 Å². The number of hydrogen-bond acceptors (Lipinski definition) is 3. The van der Waals surface area contributed by atoms with Crippen molar-refractivity contribution in [2.75, 3.05) is 13.2 Å². The molecule has 2 N–H and O–H groups in total. The van der Waals surface area contributed by atoms with Crippen LogP contribution in [0.3, 0.4) is 0 Å². The van der Waals surface area contributed by atoms with Crippen molar-refractivity contribution in [1.82, 2.24) is 0 Å². The minimum Gasteiger partial charge on any atom is -0.464 e. The predicted molar refractivity (Wildman–Crippen MR) is 116 cm³/mol. The summed E-state index contributed by atoms with van der Waals surface area (Å²) in [5.74, 6) is -0.152. The molecule has 0 spiro atoms. The fourth-order valence-corrected chi connectivity index (χ4v) is 2.17. The predicted octanol–water partition coefficient (Wildman–Crippen LogP) is 6.06. The van der Waals surface area contributed by atoms with Crippen LogP contribution < -0.4 is 5.73 Å². The van der Waals surface area contributed by atoms with Gasteiger partial charge in [-0.25, -0.2) is 0 Å². The molecule has 150 valence electrons. The third-order valence-corrected chi connectivity index (χ3v) is 3.59. The van der Waals surface area contributed by atoms with Crippen LogP contribution in [-0.4, -0.2) is 19.1 Å². The number of unbranched alkanes of at least 4 members (excludes halogenated alkanes) is 4. The molecule has 0 amide bonds. The van der Waals surface area contributed by atoms with Crippen molar-refractivity contribution in [2.24, 2.45) is 5.73 Å². The number of hydrogen-bond donors (Lipinski definition) is 1. The average Bonchev–Trinajstić information content (AvgIpc) is 2.62. The first kappa shape index (κ1) is 26.9. The van der Waals surface area contributed by atoms with Crippen molar-refractivity contribution in [3.05, 3.63) is 48.6 Å². The smallest absolute Gasteiger partial charge is 0.305 e. The molecule has 0 saturated carbocycles. The van der Waals surface area contributed by atoms with E-state index in [1.165, 1.54) is 25.7 Å². The Morgan fingerprint density at radius 2 is 1.31 bits per heavy atom. The highest BCUT2D eigenvalue weighted by Crippen LogP contribution is 2.02. The first-order valence-electron chi connectivity index (χ1n) is 9.77. The van der Waals surface area contributed by atoms with Crippen LogP contribution in [0, 0.1) is 0 Å². The van der Waals surface area contributed by atoms with Gasteiger partial charge in [0.05, 0.1) is 0 Å². The summed E-state index contributed by atoms with van der Waals surface area (Å²) in [5, 5.41) is 0. The molecule has 0 saturated heterocycles. The molecular formula is C22H38ClNO2. The second-order valence-corrected chi connectivity index (χ2v) is 5.99. The Balaban J connectivity index is 0. The van der Waals surface area contributed by atoms with Crippen LogP contribution >= 0.6 is 12.4 Å². The number of halogens is 1. The van der Waals surface area contributed by atoms with Gasteiger partial charge in [-0.05, 0) is 44.9 Å². The maximum atomic E-state index is 11.2. The summed E-state index contributed by atoms with van der Waals surface area (Å²) >= 11 is 0. The Kier molecular flexibility index (Phi) is 24.5. The summed E-state index contributed by atoms with van der Waals surface area (Å²) in [6.45, 7) is 2.95. The lowest BCUT2D eigenvalue weighted by molar-refractivity contribution is -0.143. The van der Waals surface area contributed by atoms with Crippen molar-refractivity contribution in [1.29, 1.82) is 0 Å². The van der Waals surface area contributed by atoms with Gasteiger partial charge in [-0.2, -0.15) is 0 Å². The monoisotopic (exact) mass is 383 g/mol. The Labute approximate surface area is 166 Å². The first-order chi connectivity index (χ1) is 12.3. The van der Waals surface area contributed by atoms with E-state index >= 15 is 0 Å². The van der Waals surface area contributed by atoms with Gasteiger partial charge in [0.15, 0.2) is 0 Å². The van der Waals surface area contributed by atoms with Gasteiger partial charge >= 0.3 is 5.97 Å². The third kappa shape index (κ3) is 22.7. The fraction of sp³-hybridized carbons (Fsp3) is 0.591. The SMILES string of the molecule is CCCCC/C=C\C/C=C\C/C=C\C/C=C\CCCC(=O)OCCN.Cl. The number of nitrogens with two attached hydrogens (primary N) is 1. The van der Waals surface area contributed by atoms with Gasteiger partial charge in [0.1, 0.15) is 6.61 Å². The Morgan fingerprint density at radius 3 is 1.81 bits per heavy atom. The van der Waals surface area contributed by atoms with Crippen LogP contribution in [0.4, 0.5) is 0 Å². The summed E-state index contributed by atoms with van der Waals surface area (Å²) in [6.07, 6.45) is 27.9. The van der Waals surface area contributed by atoms with E-state index in [-0.39, 0.29) is 18.4 Å². The highest BCUT2D eigenvalue weighted by Gasteiger charge is 1.99. The number of carbonyl (C=O) groups excluding carboxylic acids is 1. The van der Waals surface area contributed by atoms with Gasteiger partial charge < -0.3 is 10.5 Å². The maximum absolute atomic E-state index is 11.2. The average molecular weight is 384 g/mol. The third-order valence-electron chi connectivity index (χ3n) is 3.59. The number of rotatable bonds is 16. The highest BCUT2D eigenvalue weighted by atomic mass is 35.5. The zero-order valence-electron chi connectivity index (χ0n) is 16.4. The van der Waals surface area contributed by atoms with E-state index in [9.17, 15) is 4.79 Å². The van der Waals surface area contributed by atoms with Crippen LogP contribution in [0.25, 0.3) is 0 Å². The first-order valence-corrected chi connectivity index (χ1v) is 9.77. The molecule has 26 heavy (non-hydrogen) atoms. The van der Waals surface area contributed by atoms with Crippen LogP contribution in [0.1, 0.15) is 71.1 Å². The van der Waals surface area contributed by atoms with E-state index < -0.39 is 0 Å². The zero-order chi connectivity index (χ0) is 18.4. The molecule has 0 aliphatic heterocycles. The van der Waals surface area contributed by atoms with Gasteiger partial charge in [0.25, 0.3) is 0 Å². The molecule has 0 aromatic heterocycles. The van der Waals surface area contributed by atoms with Gasteiger partial charge in [0, 0.05) is 13.0 Å². The molecule has 0 aromatic rings. The number of carbonyl (C=O) groups is 1. The Morgan fingerprint density at radius 1 is 0.808 bits per heavy atom. The molecular weight excluding hydrogens is 346 g/mol. The summed E-state index contributed by atoms with van der Waals surface area (Å²) in [7, 11) is 0. The number of esters is 1. The molecule has 0 atom stereocenters. The van der Waals surface area contributed by atoms with Crippen molar-refractivity contribution in [3.63, 3.8) is 0 Å². The second kappa shape index (κ2) is 23.7. The van der Waals surface area contributed by atoms with Crippen LogP contribution in [0.5, 0.6) is 0 Å². The molecule has 0 bridgehead atoms. The molecule has 0 rings (SSSR count). The molecule has 0 radical (unpaired) electrons. The largest absolute Gasteiger partial charge is 0.464 e. The van der Waals surface area contributed by atoms with E-state index in [1.807, 2.05) is 0 Å². The molecule has 0 heterocycles. The molecule has 0 unspecified atom stereocenters. The standard InChI is InChI=1S/C22H37NO2.ClH/c1-2-3-4-5-6-7-8-9-10-11-12-13-14-15-16-17-18-19-22(24)25-21-20-23;/h6-7,9-10,12-13,15-16H,2-5,8,11,14,17-21,23H2,1H3;1H/b7-6-,10-9-,13-12-,16-15-;. The quantitative estimate of drug-likeness (QED) is 0.200. The fourth-order valence-electron chi connectivity index (χ4n) is 2.17. The molecule has 3 nitrogen and oxygen atoms in total. The summed E-state index contributed by atoms with van der Waals surface area (Å²) < 4.78 is 4.91. The van der Waals surface area contributed by atoms with Crippen molar-refractivity contribution >= 4 is 18.4 Å². The normalized spacial score (nSPS) is 11.8. The van der Waals surface area contributed by atoms with Crippen molar-refractivity contribution in [2.45, 2.75) is 71.1 Å². The highest BCUT2D eigenvalue weighted by molar-refractivity contribution is 5.85. The molecule has 0 aliphatic rings. The number of allylic oxidation sites excluding steroid dienone is 8. The molecule has 4 heteroatoms. The van der Waals surface area contributed by atoms with Gasteiger partial charge in [-0.1, -0.05) is 68.4 Å². The van der Waals surface area contributed by atoms with Crippen molar-refractivity contribution in [3.8, 4) is 0 Å². The summed E-state index contributed by atoms with van der Waals surface area (Å²) in [6, 6.07) is 0. The number of ether oxygens (including phenoxy) is 1. The summed E-state index contributed by atoms with van der Waals surface area (Å²) in [4.78, 5) is 11.2. The maximum Gasteiger partial charge on any atom is 0.305 e. The summed E-state index contributed by atoms with van der Waals surface area (Å²) in [5.41, 5.74) is 5.27. The van der Waals surface area contributed by atoms with E-state index in [0.29, 0.717) is 19.6 Å². The van der Waals surface area contributed by atoms with Gasteiger partial charge in [-0.15, -0.1) is 12.4 Å². The molecule has 0 aromatic carbocycles. The zero-order valence-corrected chi connectivity index (χ0v) is 17.2. The lowest BCUT2D eigenvalue weighted by Crippen LogP contribution is -2.13. The lowest BCUT2D eigenvalue weighted by Gasteiger charge is -2.00. The second-order valence-electron chi connectivity index (χ2n) is 5.99. The van der Waals surface area contributed by atoms with E-state index in [0.717, 1.165) is 32.1 Å². The van der Waals surface area contributed by atoms with Crippen LogP contribution in [0.2, 0.25) is 0 Å². The van der Waals surface area contributed by atoms with Gasteiger partial charge in [0.2, 0.25) is 0 Å². The topological polar surface area (TPSA) is 52.3 Å². The lowest BCUT2D eigenvalue weighted by atomic mass is 10.2. The Hall–Kier alpha value is -1.32. The van der Waals surface area contributed by atoms with Crippen LogP contribution in [-0.2, 0) is 9.53 Å². The van der Waals surface area contributed by atoms with E-state index in [1.54, 1.807) is 0 Å².